The fourth-order valence-corrected chi connectivity index (χ4v) is 3.23. The molecule has 102 valence electrons. The Balaban J connectivity index is 2.67. The molecule has 2 unspecified atom stereocenters. The smallest absolute Gasteiger partial charge is 0.322 e. The zero-order chi connectivity index (χ0) is 13.7. The first-order valence-electron chi connectivity index (χ1n) is 6.03. The summed E-state index contributed by atoms with van der Waals surface area (Å²) in [7, 11) is 1.43. The van der Waals surface area contributed by atoms with E-state index in [1.54, 1.807) is 11.3 Å². The van der Waals surface area contributed by atoms with Gasteiger partial charge in [0.15, 0.2) is 0 Å². The summed E-state index contributed by atoms with van der Waals surface area (Å²) in [5.74, 6) is 0.259. The lowest BCUT2D eigenvalue weighted by Gasteiger charge is -2.22. The molecule has 0 saturated heterocycles. The average molecular weight is 334 g/mol. The highest BCUT2D eigenvalue weighted by molar-refractivity contribution is 9.11. The highest BCUT2D eigenvalue weighted by Gasteiger charge is 2.23. The van der Waals surface area contributed by atoms with Crippen molar-refractivity contribution in [2.24, 2.45) is 5.92 Å². The fourth-order valence-electron chi connectivity index (χ4n) is 1.79. The molecule has 0 aromatic carbocycles. The van der Waals surface area contributed by atoms with Gasteiger partial charge in [-0.1, -0.05) is 13.8 Å². The summed E-state index contributed by atoms with van der Waals surface area (Å²) in [6, 6.07) is 3.99. The van der Waals surface area contributed by atoms with Gasteiger partial charge >= 0.3 is 5.97 Å². The number of rotatable bonds is 6. The van der Waals surface area contributed by atoms with Crippen LogP contribution in [0.4, 0.5) is 0 Å². The number of carbonyl (C=O) groups excluding carboxylic acids is 1. The van der Waals surface area contributed by atoms with Gasteiger partial charge in [0.25, 0.3) is 0 Å². The van der Waals surface area contributed by atoms with Crippen LogP contribution in [0, 0.1) is 5.92 Å². The Kier molecular flexibility index (Phi) is 6.32. The summed E-state index contributed by atoms with van der Waals surface area (Å²) in [6.45, 7) is 6.27. The maximum absolute atomic E-state index is 11.7. The van der Waals surface area contributed by atoms with Gasteiger partial charge in [-0.3, -0.25) is 10.1 Å². The van der Waals surface area contributed by atoms with Crippen molar-refractivity contribution in [3.8, 4) is 0 Å². The van der Waals surface area contributed by atoms with Crippen molar-refractivity contribution >= 4 is 33.2 Å². The van der Waals surface area contributed by atoms with Crippen molar-refractivity contribution in [2.45, 2.75) is 39.3 Å². The SMILES string of the molecule is COC(=O)C(CC(C)C)NC(C)c1ccc(Br)s1. The van der Waals surface area contributed by atoms with E-state index in [0.29, 0.717) is 5.92 Å². The van der Waals surface area contributed by atoms with E-state index in [-0.39, 0.29) is 18.1 Å². The predicted octanol–water partition coefficient (Wildman–Crippen LogP) is 3.75. The summed E-state index contributed by atoms with van der Waals surface area (Å²) < 4.78 is 5.95. The molecular weight excluding hydrogens is 314 g/mol. The summed E-state index contributed by atoms with van der Waals surface area (Å²) in [6.07, 6.45) is 0.781. The molecule has 0 radical (unpaired) electrons. The minimum Gasteiger partial charge on any atom is -0.468 e. The van der Waals surface area contributed by atoms with Gasteiger partial charge in [-0.05, 0) is 47.3 Å². The molecule has 1 aromatic rings. The molecule has 0 fully saturated rings. The maximum Gasteiger partial charge on any atom is 0.322 e. The molecule has 1 heterocycles. The Bertz CT molecular complexity index is 392. The minimum absolute atomic E-state index is 0.143. The monoisotopic (exact) mass is 333 g/mol. The first-order valence-corrected chi connectivity index (χ1v) is 7.64. The van der Waals surface area contributed by atoms with Gasteiger partial charge in [0.1, 0.15) is 6.04 Å². The van der Waals surface area contributed by atoms with Gasteiger partial charge in [0, 0.05) is 10.9 Å². The zero-order valence-electron chi connectivity index (χ0n) is 11.2. The highest BCUT2D eigenvalue weighted by Crippen LogP contribution is 2.27. The predicted molar refractivity (Wildman–Crippen MR) is 78.8 cm³/mol. The number of thiophene rings is 1. The molecule has 0 bridgehead atoms. The second-order valence-corrected chi connectivity index (χ2v) is 7.23. The van der Waals surface area contributed by atoms with Crippen molar-refractivity contribution in [1.29, 1.82) is 0 Å². The molecule has 3 nitrogen and oxygen atoms in total. The van der Waals surface area contributed by atoms with Crippen LogP contribution < -0.4 is 5.32 Å². The zero-order valence-corrected chi connectivity index (χ0v) is 13.6. The van der Waals surface area contributed by atoms with Crippen LogP contribution in [0.2, 0.25) is 0 Å². The largest absolute Gasteiger partial charge is 0.468 e. The lowest BCUT2D eigenvalue weighted by molar-refractivity contribution is -0.143. The normalized spacial score (nSPS) is 14.6. The number of hydrogen-bond donors (Lipinski definition) is 1. The third kappa shape index (κ3) is 4.71. The molecule has 0 aliphatic heterocycles. The Labute approximate surface area is 121 Å². The standard InChI is InChI=1S/C13H20BrNO2S/c1-8(2)7-10(13(16)17-4)15-9(3)11-5-6-12(14)18-11/h5-6,8-10,15H,7H2,1-4H3. The molecule has 18 heavy (non-hydrogen) atoms. The second kappa shape index (κ2) is 7.26. The number of methoxy groups -OCH3 is 1. The average Bonchev–Trinajstić information content (AvgIpc) is 2.73. The molecule has 0 aliphatic rings. The van der Waals surface area contributed by atoms with Gasteiger partial charge in [-0.15, -0.1) is 11.3 Å². The van der Waals surface area contributed by atoms with Crippen molar-refractivity contribution in [3.63, 3.8) is 0 Å². The molecule has 1 aromatic heterocycles. The van der Waals surface area contributed by atoms with E-state index in [9.17, 15) is 4.79 Å². The molecule has 2 atom stereocenters. The molecule has 1 rings (SSSR count). The Morgan fingerprint density at radius 1 is 1.44 bits per heavy atom. The molecule has 0 aliphatic carbocycles. The summed E-state index contributed by atoms with van der Waals surface area (Å²) in [5, 5.41) is 3.34. The number of nitrogens with one attached hydrogen (secondary N) is 1. The van der Waals surface area contributed by atoms with Gasteiger partial charge in [0.2, 0.25) is 0 Å². The van der Waals surface area contributed by atoms with Crippen LogP contribution in [0.1, 0.15) is 38.1 Å². The van der Waals surface area contributed by atoms with Crippen molar-refractivity contribution in [2.75, 3.05) is 7.11 Å². The molecule has 0 spiro atoms. The Morgan fingerprint density at radius 2 is 2.11 bits per heavy atom. The van der Waals surface area contributed by atoms with Crippen LogP contribution in [0.3, 0.4) is 0 Å². The van der Waals surface area contributed by atoms with Crippen LogP contribution >= 0.6 is 27.3 Å². The topological polar surface area (TPSA) is 38.3 Å². The second-order valence-electron chi connectivity index (χ2n) is 4.74. The maximum atomic E-state index is 11.7. The van der Waals surface area contributed by atoms with Crippen LogP contribution in [0.15, 0.2) is 15.9 Å². The number of hydrogen-bond acceptors (Lipinski definition) is 4. The first-order chi connectivity index (χ1) is 8.43. The minimum atomic E-state index is -0.245. The molecular formula is C13H20BrNO2S. The number of carbonyl (C=O) groups is 1. The quantitative estimate of drug-likeness (QED) is 0.805. The van der Waals surface area contributed by atoms with E-state index in [1.165, 1.54) is 12.0 Å². The van der Waals surface area contributed by atoms with Gasteiger partial charge < -0.3 is 4.74 Å². The van der Waals surface area contributed by atoms with Crippen molar-refractivity contribution in [3.05, 3.63) is 20.8 Å². The molecule has 0 amide bonds. The van der Waals surface area contributed by atoms with E-state index in [0.717, 1.165) is 10.2 Å². The molecule has 0 saturated carbocycles. The fraction of sp³-hybridized carbons (Fsp3) is 0.615. The van der Waals surface area contributed by atoms with Gasteiger partial charge in [-0.25, -0.2) is 0 Å². The lowest BCUT2D eigenvalue weighted by atomic mass is 10.0. The summed E-state index contributed by atoms with van der Waals surface area (Å²) in [5.41, 5.74) is 0. The highest BCUT2D eigenvalue weighted by atomic mass is 79.9. The third-order valence-electron chi connectivity index (χ3n) is 2.66. The Morgan fingerprint density at radius 3 is 2.56 bits per heavy atom. The summed E-state index contributed by atoms with van der Waals surface area (Å²) in [4.78, 5) is 12.9. The van der Waals surface area contributed by atoms with Crippen molar-refractivity contribution in [1.82, 2.24) is 5.32 Å². The van der Waals surface area contributed by atoms with E-state index >= 15 is 0 Å². The van der Waals surface area contributed by atoms with Crippen LogP contribution in [0.25, 0.3) is 0 Å². The molecule has 5 heteroatoms. The van der Waals surface area contributed by atoms with Gasteiger partial charge in [0.05, 0.1) is 10.9 Å². The third-order valence-corrected chi connectivity index (χ3v) is 4.47. The number of ether oxygens (including phenoxy) is 1. The van der Waals surface area contributed by atoms with E-state index in [2.05, 4.69) is 48.1 Å². The lowest BCUT2D eigenvalue weighted by Crippen LogP contribution is -2.39. The Hall–Kier alpha value is -0.390. The van der Waals surface area contributed by atoms with E-state index in [1.807, 2.05) is 6.07 Å². The molecule has 1 N–H and O–H groups in total. The van der Waals surface area contributed by atoms with Gasteiger partial charge in [-0.2, -0.15) is 0 Å². The summed E-state index contributed by atoms with van der Waals surface area (Å²) >= 11 is 5.13. The first kappa shape index (κ1) is 15.7. The number of esters is 1. The van der Waals surface area contributed by atoms with E-state index in [4.69, 9.17) is 4.74 Å². The van der Waals surface area contributed by atoms with Crippen LogP contribution in [-0.2, 0) is 9.53 Å². The van der Waals surface area contributed by atoms with E-state index < -0.39 is 0 Å². The number of halogens is 1. The van der Waals surface area contributed by atoms with Crippen molar-refractivity contribution < 1.29 is 9.53 Å². The van der Waals surface area contributed by atoms with Crippen LogP contribution in [0.5, 0.6) is 0 Å². The van der Waals surface area contributed by atoms with Crippen LogP contribution in [-0.4, -0.2) is 19.1 Å².